The van der Waals surface area contributed by atoms with Gasteiger partial charge in [0.2, 0.25) is 0 Å². The van der Waals surface area contributed by atoms with Gasteiger partial charge in [-0.3, -0.25) is 0 Å². The van der Waals surface area contributed by atoms with Crippen LogP contribution < -0.4 is 10.7 Å². The third-order valence-electron chi connectivity index (χ3n) is 2.21. The van der Waals surface area contributed by atoms with Crippen molar-refractivity contribution in [2.24, 2.45) is 10.8 Å². The normalized spacial score (nSPS) is 8.84. The summed E-state index contributed by atoms with van der Waals surface area (Å²) in [5.41, 5.74) is 7.23. The van der Waals surface area contributed by atoms with Gasteiger partial charge in [-0.25, -0.2) is 9.80 Å². The molecule has 0 heterocycles. The lowest BCUT2D eigenvalue weighted by molar-refractivity contribution is -0.136. The molecule has 0 aliphatic heterocycles. The second-order valence-corrected chi connectivity index (χ2v) is 3.27. The van der Waals surface area contributed by atoms with Gasteiger partial charge >= 0.3 is 5.97 Å². The van der Waals surface area contributed by atoms with Gasteiger partial charge in [0.15, 0.2) is 0 Å². The fourth-order valence-electron chi connectivity index (χ4n) is 1.34. The van der Waals surface area contributed by atoms with E-state index in [1.54, 1.807) is 6.07 Å². The summed E-state index contributed by atoms with van der Waals surface area (Å²) in [5, 5.41) is 5.06. The third kappa shape index (κ3) is 4.56. The van der Waals surface area contributed by atoms with Crippen LogP contribution in [-0.2, 0) is 16.1 Å². The summed E-state index contributed by atoms with van der Waals surface area (Å²) in [6.45, 7) is 11.4. The lowest BCUT2D eigenvalue weighted by Crippen LogP contribution is -2.22. The lowest BCUT2D eigenvalue weighted by Gasteiger charge is -2.19. The highest BCUT2D eigenvalue weighted by Crippen LogP contribution is 2.20. The van der Waals surface area contributed by atoms with Gasteiger partial charge < -0.3 is 10.5 Å². The number of hydrogen-bond acceptors (Lipinski definition) is 5. The summed E-state index contributed by atoms with van der Waals surface area (Å²) in [7, 11) is 1.28. The molecule has 104 valence electrons. The molecule has 5 nitrogen and oxygen atoms in total. The summed E-state index contributed by atoms with van der Waals surface area (Å²) in [5.74, 6) is -0.560. The van der Waals surface area contributed by atoms with E-state index in [9.17, 15) is 4.79 Å². The number of hydrazone groups is 1. The maximum absolute atomic E-state index is 11.4. The molecular formula is C14H21N3O2. The number of rotatable bonds is 5. The highest BCUT2D eigenvalue weighted by molar-refractivity contribution is 5.91. The van der Waals surface area contributed by atoms with E-state index in [1.807, 2.05) is 32.0 Å². The van der Waals surface area contributed by atoms with Crippen molar-refractivity contribution in [2.75, 3.05) is 12.1 Å². The molecule has 19 heavy (non-hydrogen) atoms. The second kappa shape index (κ2) is 8.88. The first-order chi connectivity index (χ1) is 9.13. The molecular weight excluding hydrogens is 242 g/mol. The molecule has 1 rings (SSSR count). The minimum Gasteiger partial charge on any atom is -0.464 e. The monoisotopic (exact) mass is 263 g/mol. The van der Waals surface area contributed by atoms with Gasteiger partial charge in [-0.05, 0) is 17.7 Å². The average Bonchev–Trinajstić information content (AvgIpc) is 2.49. The number of carbonyl (C=O) groups excluding carboxylic acids is 1. The fraction of sp³-hybridized carbons (Fsp3) is 0.286. The van der Waals surface area contributed by atoms with Crippen molar-refractivity contribution in [1.29, 1.82) is 0 Å². The lowest BCUT2D eigenvalue weighted by atomic mass is 10.2. The zero-order valence-corrected chi connectivity index (χ0v) is 11.7. The van der Waals surface area contributed by atoms with Crippen LogP contribution in [0, 0.1) is 0 Å². The van der Waals surface area contributed by atoms with Crippen LogP contribution in [-0.4, -0.2) is 19.8 Å². The van der Waals surface area contributed by atoms with Crippen molar-refractivity contribution in [3.63, 3.8) is 0 Å². The molecule has 0 aromatic heterocycles. The highest BCUT2D eigenvalue weighted by Gasteiger charge is 2.16. The highest BCUT2D eigenvalue weighted by atomic mass is 16.5. The van der Waals surface area contributed by atoms with Gasteiger partial charge in [0, 0.05) is 13.3 Å². The summed E-state index contributed by atoms with van der Waals surface area (Å²) >= 11 is 0. The Morgan fingerprint density at radius 1 is 1.47 bits per heavy atom. The Balaban J connectivity index is 0.00000154. The Kier molecular flexibility index (Phi) is 7.88. The van der Waals surface area contributed by atoms with Crippen LogP contribution in [0.1, 0.15) is 19.4 Å². The third-order valence-corrected chi connectivity index (χ3v) is 2.21. The molecule has 0 saturated heterocycles. The van der Waals surface area contributed by atoms with E-state index in [0.717, 1.165) is 5.56 Å². The van der Waals surface area contributed by atoms with Crippen molar-refractivity contribution in [2.45, 2.75) is 20.4 Å². The maximum Gasteiger partial charge on any atom is 0.356 e. The van der Waals surface area contributed by atoms with Crippen LogP contribution in [0.25, 0.3) is 0 Å². The smallest absolute Gasteiger partial charge is 0.356 e. The van der Waals surface area contributed by atoms with E-state index < -0.39 is 5.97 Å². The van der Waals surface area contributed by atoms with E-state index in [-0.39, 0.29) is 5.70 Å². The van der Waals surface area contributed by atoms with Crippen LogP contribution in [0.4, 0.5) is 5.69 Å². The van der Waals surface area contributed by atoms with Crippen molar-refractivity contribution >= 4 is 18.4 Å². The quantitative estimate of drug-likeness (QED) is 0.383. The zero-order valence-electron chi connectivity index (χ0n) is 11.7. The van der Waals surface area contributed by atoms with Gasteiger partial charge in [0.1, 0.15) is 5.70 Å². The number of esters is 1. The van der Waals surface area contributed by atoms with Crippen LogP contribution in [0.15, 0.2) is 41.6 Å². The number of methoxy groups -OCH3 is 1. The molecule has 2 N–H and O–H groups in total. The number of nitrogens with two attached hydrogens (primary N) is 1. The topological polar surface area (TPSA) is 67.9 Å². The Labute approximate surface area is 114 Å². The predicted molar refractivity (Wildman–Crippen MR) is 78.9 cm³/mol. The molecule has 0 aliphatic carbocycles. The number of anilines is 1. The Bertz CT molecular complexity index is 444. The number of nitrogens with zero attached hydrogens (tertiary/aromatic N) is 2. The molecule has 0 unspecified atom stereocenters. The van der Waals surface area contributed by atoms with Crippen molar-refractivity contribution in [3.05, 3.63) is 42.1 Å². The SMILES string of the molecule is C=NN(C(=C)C(=O)OC)c1cccc(CN)c1.CC. The molecule has 0 saturated carbocycles. The summed E-state index contributed by atoms with van der Waals surface area (Å²) in [4.78, 5) is 11.4. The second-order valence-electron chi connectivity index (χ2n) is 3.27. The summed E-state index contributed by atoms with van der Waals surface area (Å²) < 4.78 is 4.58. The first-order valence-electron chi connectivity index (χ1n) is 5.97. The van der Waals surface area contributed by atoms with Crippen molar-refractivity contribution in [1.82, 2.24) is 0 Å². The van der Waals surface area contributed by atoms with Gasteiger partial charge in [-0.15, -0.1) is 0 Å². The van der Waals surface area contributed by atoms with E-state index in [1.165, 1.54) is 12.1 Å². The van der Waals surface area contributed by atoms with E-state index in [0.29, 0.717) is 12.2 Å². The minimum absolute atomic E-state index is 0.0941. The van der Waals surface area contributed by atoms with Crippen molar-refractivity contribution in [3.8, 4) is 0 Å². The predicted octanol–water partition coefficient (Wildman–Crippen LogP) is 2.28. The van der Waals surface area contributed by atoms with Gasteiger partial charge in [-0.2, -0.15) is 5.10 Å². The van der Waals surface area contributed by atoms with E-state index >= 15 is 0 Å². The zero-order chi connectivity index (χ0) is 14.8. The molecule has 1 aromatic rings. The standard InChI is InChI=1S/C12H15N3O2.C2H6/c1-9(12(16)17-3)15(14-2)11-6-4-5-10(7-11)8-13;1-2/h4-7H,1-2,8,13H2,3H3;1-2H3. The minimum atomic E-state index is -0.560. The molecule has 0 radical (unpaired) electrons. The van der Waals surface area contributed by atoms with Crippen LogP contribution in [0.2, 0.25) is 0 Å². The summed E-state index contributed by atoms with van der Waals surface area (Å²) in [6.07, 6.45) is 0. The molecule has 0 atom stereocenters. The first kappa shape index (κ1) is 16.9. The maximum atomic E-state index is 11.4. The average molecular weight is 263 g/mol. The molecule has 0 bridgehead atoms. The molecule has 0 spiro atoms. The van der Waals surface area contributed by atoms with Crippen molar-refractivity contribution < 1.29 is 9.53 Å². The van der Waals surface area contributed by atoms with Gasteiger partial charge in [0.05, 0.1) is 12.8 Å². The van der Waals surface area contributed by atoms with Crippen LogP contribution in [0.3, 0.4) is 0 Å². The number of carbonyl (C=O) groups is 1. The number of ether oxygens (including phenoxy) is 1. The summed E-state index contributed by atoms with van der Waals surface area (Å²) in [6, 6.07) is 7.29. The molecule has 0 fully saturated rings. The largest absolute Gasteiger partial charge is 0.464 e. The molecule has 5 heteroatoms. The van der Waals surface area contributed by atoms with Crippen LogP contribution in [0.5, 0.6) is 0 Å². The number of benzene rings is 1. The Hall–Kier alpha value is -2.14. The molecule has 1 aromatic carbocycles. The Morgan fingerprint density at radius 3 is 2.58 bits per heavy atom. The van der Waals surface area contributed by atoms with Crippen LogP contribution >= 0.6 is 0 Å². The number of hydrogen-bond donors (Lipinski definition) is 1. The molecule has 0 aliphatic rings. The van der Waals surface area contributed by atoms with E-state index in [4.69, 9.17) is 5.73 Å². The fourth-order valence-corrected chi connectivity index (χ4v) is 1.34. The Morgan fingerprint density at radius 2 is 2.11 bits per heavy atom. The first-order valence-corrected chi connectivity index (χ1v) is 5.97. The molecule has 0 amide bonds. The van der Waals surface area contributed by atoms with E-state index in [2.05, 4.69) is 23.1 Å². The van der Waals surface area contributed by atoms with Gasteiger partial charge in [-0.1, -0.05) is 32.6 Å². The van der Waals surface area contributed by atoms with Gasteiger partial charge in [0.25, 0.3) is 0 Å².